The van der Waals surface area contributed by atoms with Gasteiger partial charge in [0.05, 0.1) is 24.6 Å². The van der Waals surface area contributed by atoms with Crippen molar-refractivity contribution in [1.82, 2.24) is 41.9 Å². The number of nitrogens with two attached hydrogens (primary N) is 2. The number of carboxylic acids is 1. The molecule has 0 unspecified atom stereocenters. The highest BCUT2D eigenvalue weighted by Crippen LogP contribution is 2.06. The van der Waals surface area contributed by atoms with Gasteiger partial charge < -0.3 is 53.5 Å². The van der Waals surface area contributed by atoms with Gasteiger partial charge in [0.15, 0.2) is 5.96 Å². The summed E-state index contributed by atoms with van der Waals surface area (Å²) in [6, 6.07) is 2.75. The molecule has 0 fully saturated rings. The van der Waals surface area contributed by atoms with Gasteiger partial charge in [-0.25, -0.2) is 9.78 Å². The Morgan fingerprint density at radius 3 is 2.08 bits per heavy atom. The number of carbonyl (C=O) groups excluding carboxylic acids is 5. The van der Waals surface area contributed by atoms with Gasteiger partial charge in [0, 0.05) is 37.1 Å². The molecule has 20 heteroatoms. The highest BCUT2D eigenvalue weighted by Gasteiger charge is 2.31. The summed E-state index contributed by atoms with van der Waals surface area (Å²) in [6.07, 6.45) is 3.06. The summed E-state index contributed by atoms with van der Waals surface area (Å²) < 4.78 is 0. The van der Waals surface area contributed by atoms with E-state index in [0.717, 1.165) is 0 Å². The molecule has 0 radical (unpaired) electrons. The monoisotopic (exact) mass is 721 g/mol. The maximum Gasteiger partial charge on any atom is 0.326 e. The first-order chi connectivity index (χ1) is 23.3. The summed E-state index contributed by atoms with van der Waals surface area (Å²) >= 11 is 8.11. The zero-order valence-electron chi connectivity index (χ0n) is 26.5. The van der Waals surface area contributed by atoms with E-state index in [1.807, 2.05) is 0 Å². The van der Waals surface area contributed by atoms with Crippen molar-refractivity contribution in [3.63, 3.8) is 0 Å². The molecule has 0 saturated carbocycles. The van der Waals surface area contributed by atoms with Gasteiger partial charge in [-0.2, -0.15) is 25.3 Å². The minimum Gasteiger partial charge on any atom is -0.480 e. The van der Waals surface area contributed by atoms with E-state index in [-0.39, 0.29) is 49.7 Å². The number of hydrogen-bond acceptors (Lipinski definition) is 11. The molecule has 268 valence electrons. The summed E-state index contributed by atoms with van der Waals surface area (Å²) in [6.45, 7) is -0.416. The molecule has 49 heavy (non-hydrogen) atoms. The lowest BCUT2D eigenvalue weighted by atomic mass is 10.1. The second kappa shape index (κ2) is 21.2. The number of nitrogens with zero attached hydrogens (tertiary/aromatic N) is 1. The number of carbonyl (C=O) groups is 6. The van der Waals surface area contributed by atoms with Crippen LogP contribution in [0.1, 0.15) is 24.1 Å². The van der Waals surface area contributed by atoms with Crippen molar-refractivity contribution in [2.24, 2.45) is 11.5 Å². The minimum absolute atomic E-state index is 0.0144. The molecule has 1 heterocycles. The van der Waals surface area contributed by atoms with Crippen LogP contribution in [0.15, 0.2) is 42.9 Å². The van der Waals surface area contributed by atoms with Crippen molar-refractivity contribution in [2.45, 2.75) is 55.9 Å². The molecule has 0 bridgehead atoms. The first-order valence-electron chi connectivity index (χ1n) is 15.1. The predicted molar refractivity (Wildman–Crippen MR) is 186 cm³/mol. The summed E-state index contributed by atoms with van der Waals surface area (Å²) in [4.78, 5) is 83.5. The summed E-state index contributed by atoms with van der Waals surface area (Å²) in [7, 11) is 0. The third kappa shape index (κ3) is 14.9. The Balaban J connectivity index is 2.16. The molecule has 2 aromatic rings. The second-order valence-corrected chi connectivity index (χ2v) is 11.5. The third-order valence-corrected chi connectivity index (χ3v) is 7.67. The molecule has 0 aliphatic rings. The normalized spacial score (nSPS) is 13.8. The Morgan fingerprint density at radius 2 is 1.49 bits per heavy atom. The van der Waals surface area contributed by atoms with Gasteiger partial charge >= 0.3 is 5.97 Å². The zero-order valence-corrected chi connectivity index (χ0v) is 28.3. The van der Waals surface area contributed by atoms with Gasteiger partial charge in [0.1, 0.15) is 24.2 Å². The summed E-state index contributed by atoms with van der Waals surface area (Å²) in [5, 5.41) is 31.9. The lowest BCUT2D eigenvalue weighted by Gasteiger charge is -2.25. The van der Waals surface area contributed by atoms with Crippen LogP contribution in [0, 0.1) is 5.41 Å². The number of nitrogens with one attached hydrogen (secondary N) is 8. The van der Waals surface area contributed by atoms with Gasteiger partial charge in [-0.3, -0.25) is 29.4 Å². The standard InChI is InChI=1S/C29H43N11O7S2/c30-18(13-48)24(42)40-22(14-49)27(45)39-20(10-17-11-33-15-36-17)26(44)38-19(7-4-8-34-29(31)32)25(43)35-12-23(41)37-21(28(46)47)9-16-5-2-1-3-6-16/h1-3,5-6,11,15,18-22,48-49H,4,7-10,12-14,30H2,(H,33,36)(H,35,43)(H,37,41)(H,38,44)(H,39,45)(H,40,42)(H,46,47)(H4,31,32,34)/t18-,19-,20-,21-,22-/m0/s1. The molecule has 0 aliphatic heterocycles. The second-order valence-electron chi connectivity index (χ2n) is 10.8. The van der Waals surface area contributed by atoms with Crippen LogP contribution < -0.4 is 43.4 Å². The number of aromatic amines is 1. The molecule has 5 atom stereocenters. The Morgan fingerprint density at radius 1 is 0.837 bits per heavy atom. The highest BCUT2D eigenvalue weighted by atomic mass is 32.1. The number of guanidine groups is 1. The fraction of sp³-hybridized carbons (Fsp3) is 0.448. The molecule has 0 spiro atoms. The van der Waals surface area contributed by atoms with Gasteiger partial charge in [0.25, 0.3) is 0 Å². The van der Waals surface area contributed by atoms with Crippen LogP contribution in [0.25, 0.3) is 0 Å². The number of H-pyrrole nitrogens is 1. The van der Waals surface area contributed by atoms with Crippen molar-refractivity contribution in [3.8, 4) is 0 Å². The van der Waals surface area contributed by atoms with Crippen LogP contribution in [-0.2, 0) is 41.6 Å². The van der Waals surface area contributed by atoms with Crippen LogP contribution in [0.3, 0.4) is 0 Å². The van der Waals surface area contributed by atoms with Crippen LogP contribution in [0.4, 0.5) is 0 Å². The molecular formula is C29H43N11O7S2. The molecule has 0 saturated heterocycles. The van der Waals surface area contributed by atoms with E-state index in [1.165, 1.54) is 12.5 Å². The van der Waals surface area contributed by atoms with E-state index in [2.05, 4.69) is 67.1 Å². The molecule has 0 aliphatic carbocycles. The lowest BCUT2D eigenvalue weighted by Crippen LogP contribution is -2.59. The smallest absolute Gasteiger partial charge is 0.326 e. The maximum absolute atomic E-state index is 13.6. The SMILES string of the molecule is N=C(N)NCCC[C@H](NC(=O)[C@H](Cc1c[nH]cn1)NC(=O)[C@H](CS)NC(=O)[C@@H](N)CS)C(=O)NCC(=O)N[C@@H](Cc1ccccc1)C(=O)O. The number of thiol groups is 2. The number of imidazole rings is 1. The van der Waals surface area contributed by atoms with Crippen LogP contribution in [-0.4, -0.2) is 111 Å². The fourth-order valence-corrected chi connectivity index (χ4v) is 4.73. The van der Waals surface area contributed by atoms with E-state index in [0.29, 0.717) is 11.3 Å². The van der Waals surface area contributed by atoms with Crippen molar-refractivity contribution in [2.75, 3.05) is 24.6 Å². The molecule has 2 rings (SSSR count). The van der Waals surface area contributed by atoms with E-state index in [1.54, 1.807) is 30.3 Å². The molecule has 5 amide bonds. The maximum atomic E-state index is 13.6. The van der Waals surface area contributed by atoms with Crippen molar-refractivity contribution in [3.05, 3.63) is 54.1 Å². The lowest BCUT2D eigenvalue weighted by molar-refractivity contribution is -0.141. The third-order valence-electron chi connectivity index (χ3n) is 6.91. The van der Waals surface area contributed by atoms with E-state index in [9.17, 15) is 33.9 Å². The van der Waals surface area contributed by atoms with Gasteiger partial charge in [0.2, 0.25) is 29.5 Å². The van der Waals surface area contributed by atoms with E-state index >= 15 is 0 Å². The largest absolute Gasteiger partial charge is 0.480 e. The van der Waals surface area contributed by atoms with Crippen molar-refractivity contribution in [1.29, 1.82) is 5.41 Å². The molecule has 13 N–H and O–H groups in total. The first-order valence-corrected chi connectivity index (χ1v) is 16.4. The summed E-state index contributed by atoms with van der Waals surface area (Å²) in [5.41, 5.74) is 12.1. The fourth-order valence-electron chi connectivity index (χ4n) is 4.31. The van der Waals surface area contributed by atoms with Crippen LogP contribution in [0.5, 0.6) is 0 Å². The highest BCUT2D eigenvalue weighted by molar-refractivity contribution is 7.80. The molecule has 18 nitrogen and oxygen atoms in total. The Kier molecular flexibility index (Phi) is 17.5. The number of rotatable bonds is 21. The van der Waals surface area contributed by atoms with Crippen LogP contribution in [0.2, 0.25) is 0 Å². The predicted octanol–water partition coefficient (Wildman–Crippen LogP) is -3.21. The Bertz CT molecular complexity index is 1420. The average molecular weight is 722 g/mol. The number of aliphatic carboxylic acids is 1. The number of hydrogen-bond donors (Lipinski definition) is 13. The molecule has 1 aromatic heterocycles. The number of aromatic nitrogens is 2. The molecular weight excluding hydrogens is 679 g/mol. The number of carboxylic acid groups (broad SMARTS) is 1. The number of amides is 5. The zero-order chi connectivity index (χ0) is 36.3. The summed E-state index contributed by atoms with van der Waals surface area (Å²) in [5.74, 6) is -5.40. The minimum atomic E-state index is -1.28. The van der Waals surface area contributed by atoms with Crippen LogP contribution >= 0.6 is 25.3 Å². The Labute approximate surface area is 293 Å². The topological polar surface area (TPSA) is 299 Å². The van der Waals surface area contributed by atoms with E-state index < -0.39 is 72.3 Å². The Hall–Kier alpha value is -4.82. The van der Waals surface area contributed by atoms with Crippen molar-refractivity contribution < 1.29 is 33.9 Å². The van der Waals surface area contributed by atoms with Gasteiger partial charge in [-0.05, 0) is 18.4 Å². The van der Waals surface area contributed by atoms with E-state index in [4.69, 9.17) is 16.9 Å². The number of benzene rings is 1. The quantitative estimate of drug-likeness (QED) is 0.0263. The van der Waals surface area contributed by atoms with Crippen molar-refractivity contribution >= 4 is 66.7 Å². The average Bonchev–Trinajstić information content (AvgIpc) is 3.59. The first kappa shape index (κ1) is 40.4. The molecule has 1 aromatic carbocycles. The van der Waals surface area contributed by atoms with Gasteiger partial charge in [-0.15, -0.1) is 0 Å². The van der Waals surface area contributed by atoms with Gasteiger partial charge in [-0.1, -0.05) is 30.3 Å².